The Morgan fingerprint density at radius 2 is 1.84 bits per heavy atom. The summed E-state index contributed by atoms with van der Waals surface area (Å²) in [5.74, 6) is -1.31. The summed E-state index contributed by atoms with van der Waals surface area (Å²) in [4.78, 5) is 16.7. The molecule has 3 rings (SSSR count). The molecule has 1 heterocycles. The molecule has 4 nitrogen and oxygen atoms in total. The summed E-state index contributed by atoms with van der Waals surface area (Å²) in [7, 11) is 0. The number of ether oxygens (including phenoxy) is 1. The van der Waals surface area contributed by atoms with Crippen LogP contribution in [0.25, 0.3) is 10.6 Å². The van der Waals surface area contributed by atoms with E-state index in [0.29, 0.717) is 27.9 Å². The van der Waals surface area contributed by atoms with Crippen molar-refractivity contribution in [3.8, 4) is 16.3 Å². The number of aromatic nitrogens is 1. The summed E-state index contributed by atoms with van der Waals surface area (Å²) in [5, 5.41) is 4.83. The third-order valence-corrected chi connectivity index (χ3v) is 5.11. The molecule has 0 aliphatic carbocycles. The van der Waals surface area contributed by atoms with Crippen molar-refractivity contribution in [3.63, 3.8) is 0 Å². The maximum Gasteiger partial charge on any atom is 0.422 e. The van der Waals surface area contributed by atoms with Crippen LogP contribution in [0.5, 0.6) is 5.75 Å². The number of hydrogen-bond acceptors (Lipinski definition) is 4. The number of rotatable bonds is 6. The van der Waals surface area contributed by atoms with Crippen LogP contribution in [0, 0.1) is 0 Å². The first-order valence-electron chi connectivity index (χ1n) is 8.82. The lowest BCUT2D eigenvalue weighted by molar-refractivity contribution is -0.153. The van der Waals surface area contributed by atoms with Crippen molar-refractivity contribution >= 4 is 34.5 Å². The van der Waals surface area contributed by atoms with Crippen molar-refractivity contribution in [3.05, 3.63) is 64.1 Å². The van der Waals surface area contributed by atoms with Crippen molar-refractivity contribution < 1.29 is 35.9 Å². The highest BCUT2D eigenvalue weighted by Gasteiger charge is 2.33. The first-order chi connectivity index (χ1) is 14.9. The monoisotopic (exact) mass is 494 g/mol. The Hall–Kier alpha value is -2.79. The number of hydrogen-bond donors (Lipinski definition) is 1. The van der Waals surface area contributed by atoms with Gasteiger partial charge in [-0.2, -0.15) is 26.3 Å². The Morgan fingerprint density at radius 1 is 1.09 bits per heavy atom. The number of halogens is 7. The van der Waals surface area contributed by atoms with Crippen molar-refractivity contribution in [2.24, 2.45) is 0 Å². The van der Waals surface area contributed by atoms with Crippen molar-refractivity contribution in [2.75, 3.05) is 11.9 Å². The number of nitrogens with one attached hydrogen (secondary N) is 1. The average Bonchev–Trinajstić information content (AvgIpc) is 3.14. The second kappa shape index (κ2) is 9.37. The lowest BCUT2D eigenvalue weighted by Crippen LogP contribution is -2.21. The minimum atomic E-state index is -4.76. The summed E-state index contributed by atoms with van der Waals surface area (Å²) < 4.78 is 80.9. The Kier molecular flexibility index (Phi) is 6.99. The maximum absolute atomic E-state index is 13.0. The summed E-state index contributed by atoms with van der Waals surface area (Å²) in [6.07, 6.45) is -9.78. The van der Waals surface area contributed by atoms with Crippen LogP contribution in [-0.2, 0) is 17.4 Å². The zero-order valence-corrected chi connectivity index (χ0v) is 17.4. The first-order valence-corrected chi connectivity index (χ1v) is 10.1. The molecule has 0 atom stereocenters. The lowest BCUT2D eigenvalue weighted by atomic mass is 10.1. The second-order valence-electron chi connectivity index (χ2n) is 6.49. The molecule has 0 bridgehead atoms. The molecule has 0 aliphatic heterocycles. The first kappa shape index (κ1) is 23.9. The zero-order valence-electron chi connectivity index (χ0n) is 15.9. The van der Waals surface area contributed by atoms with E-state index in [2.05, 4.69) is 15.0 Å². The molecular weight excluding hydrogens is 482 g/mol. The van der Waals surface area contributed by atoms with Gasteiger partial charge in [-0.3, -0.25) is 4.79 Å². The molecular formula is C20H13ClF6N2O2S. The van der Waals surface area contributed by atoms with Crippen LogP contribution >= 0.6 is 22.9 Å². The predicted octanol–water partition coefficient (Wildman–Crippen LogP) is 6.60. The van der Waals surface area contributed by atoms with Gasteiger partial charge in [0.1, 0.15) is 10.8 Å². The van der Waals surface area contributed by atoms with E-state index in [0.717, 1.165) is 11.6 Å². The van der Waals surface area contributed by atoms with E-state index in [1.54, 1.807) is 29.6 Å². The van der Waals surface area contributed by atoms with Crippen LogP contribution in [0.1, 0.15) is 11.3 Å². The highest BCUT2D eigenvalue weighted by atomic mass is 35.5. The largest absolute Gasteiger partial charge is 0.482 e. The van der Waals surface area contributed by atoms with E-state index in [-0.39, 0.29) is 6.42 Å². The summed E-state index contributed by atoms with van der Waals surface area (Å²) in [6, 6.07) is 8.66. The predicted molar refractivity (Wildman–Crippen MR) is 108 cm³/mol. The molecule has 170 valence electrons. The minimum Gasteiger partial charge on any atom is -0.482 e. The fourth-order valence-corrected chi connectivity index (χ4v) is 3.60. The van der Waals surface area contributed by atoms with Crippen LogP contribution in [0.3, 0.4) is 0 Å². The number of thiazole rings is 1. The van der Waals surface area contributed by atoms with Gasteiger partial charge in [-0.1, -0.05) is 23.7 Å². The number of carbonyl (C=O) groups is 1. The number of amides is 1. The Bertz CT molecular complexity index is 1110. The molecule has 0 saturated carbocycles. The van der Waals surface area contributed by atoms with Crippen LogP contribution in [0.15, 0.2) is 47.8 Å². The maximum atomic E-state index is 13.0. The highest BCUT2D eigenvalue weighted by molar-refractivity contribution is 7.13. The molecule has 32 heavy (non-hydrogen) atoms. The smallest absolute Gasteiger partial charge is 0.422 e. The quantitative estimate of drug-likeness (QED) is 0.393. The van der Waals surface area contributed by atoms with Crippen LogP contribution < -0.4 is 10.1 Å². The molecule has 12 heteroatoms. The standard InChI is InChI=1S/C20H13ClF6N2O2S/c21-13-3-1-2-11(6-13)18-28-14(9-32-18)8-17(30)29-15-7-12(20(25,26)27)4-5-16(15)31-10-19(22,23)24/h1-7,9H,8,10H2,(H,29,30). The molecule has 0 saturated heterocycles. The van der Waals surface area contributed by atoms with E-state index in [9.17, 15) is 31.1 Å². The van der Waals surface area contributed by atoms with Crippen molar-refractivity contribution in [1.29, 1.82) is 0 Å². The van der Waals surface area contributed by atoms with Gasteiger partial charge in [0.05, 0.1) is 23.4 Å². The van der Waals surface area contributed by atoms with Gasteiger partial charge in [0.25, 0.3) is 0 Å². The van der Waals surface area contributed by atoms with E-state index in [1.807, 2.05) is 0 Å². The topological polar surface area (TPSA) is 51.2 Å². The van der Waals surface area contributed by atoms with Crippen molar-refractivity contribution in [1.82, 2.24) is 4.98 Å². The van der Waals surface area contributed by atoms with Gasteiger partial charge in [0.15, 0.2) is 6.61 Å². The number of anilines is 1. The number of carbonyl (C=O) groups excluding carboxylic acids is 1. The van der Waals surface area contributed by atoms with Crippen LogP contribution in [0.2, 0.25) is 5.02 Å². The van der Waals surface area contributed by atoms with E-state index in [4.69, 9.17) is 11.6 Å². The molecule has 2 aromatic carbocycles. The molecule has 1 amide bonds. The normalized spacial score (nSPS) is 12.0. The Balaban J connectivity index is 1.77. The molecule has 1 aromatic heterocycles. The number of nitrogens with zero attached hydrogens (tertiary/aromatic N) is 1. The Morgan fingerprint density at radius 3 is 2.50 bits per heavy atom. The summed E-state index contributed by atoms with van der Waals surface area (Å²) >= 11 is 7.17. The van der Waals surface area contributed by atoms with Crippen molar-refractivity contribution in [2.45, 2.75) is 18.8 Å². The number of benzene rings is 2. The fraction of sp³-hybridized carbons (Fsp3) is 0.200. The van der Waals surface area contributed by atoms with Crippen LogP contribution in [-0.4, -0.2) is 23.7 Å². The summed E-state index contributed by atoms with van der Waals surface area (Å²) in [6.45, 7) is -1.73. The molecule has 3 aromatic rings. The van der Waals surface area contributed by atoms with Gasteiger partial charge in [0, 0.05) is 16.0 Å². The fourth-order valence-electron chi connectivity index (χ4n) is 2.59. The molecule has 0 unspecified atom stereocenters. The Labute approximate surface area is 186 Å². The minimum absolute atomic E-state index is 0.313. The van der Waals surface area contributed by atoms with Crippen LogP contribution in [0.4, 0.5) is 32.0 Å². The molecule has 0 spiro atoms. The number of alkyl halides is 6. The van der Waals surface area contributed by atoms with E-state index >= 15 is 0 Å². The molecule has 1 N–H and O–H groups in total. The SMILES string of the molecule is O=C(Cc1csc(-c2cccc(Cl)c2)n1)Nc1cc(C(F)(F)F)ccc1OCC(F)(F)F. The van der Waals surface area contributed by atoms with Gasteiger partial charge < -0.3 is 10.1 Å². The highest BCUT2D eigenvalue weighted by Crippen LogP contribution is 2.36. The molecule has 0 radical (unpaired) electrons. The molecule has 0 fully saturated rings. The third kappa shape index (κ3) is 6.60. The van der Waals surface area contributed by atoms with Gasteiger partial charge in [-0.15, -0.1) is 11.3 Å². The van der Waals surface area contributed by atoms with E-state index in [1.165, 1.54) is 11.3 Å². The van der Waals surface area contributed by atoms with Gasteiger partial charge >= 0.3 is 12.4 Å². The van der Waals surface area contributed by atoms with Gasteiger partial charge in [-0.25, -0.2) is 4.98 Å². The van der Waals surface area contributed by atoms with Gasteiger partial charge in [0.2, 0.25) is 5.91 Å². The van der Waals surface area contributed by atoms with Gasteiger partial charge in [-0.05, 0) is 30.3 Å². The van der Waals surface area contributed by atoms with E-state index < -0.39 is 41.9 Å². The molecule has 0 aliphatic rings. The average molecular weight is 495 g/mol. The third-order valence-electron chi connectivity index (χ3n) is 3.94. The zero-order chi connectivity index (χ0) is 23.5. The lowest BCUT2D eigenvalue weighted by Gasteiger charge is -2.16. The second-order valence-corrected chi connectivity index (χ2v) is 7.79. The summed E-state index contributed by atoms with van der Waals surface area (Å²) in [5.41, 5.74) is -0.634.